The van der Waals surface area contributed by atoms with Crippen LogP contribution < -0.4 is 5.32 Å². The maximum Gasteiger partial charge on any atom is 0.222 e. The summed E-state index contributed by atoms with van der Waals surface area (Å²) in [5.41, 5.74) is -0.665. The highest BCUT2D eigenvalue weighted by Gasteiger charge is 2.37. The smallest absolute Gasteiger partial charge is 0.222 e. The molecule has 168 valence electrons. The number of hydrogen-bond donors (Lipinski definition) is 2. The standard InChI is InChI=1S/C23H20F2N6O2/c1-15(17-3-6-19(7-4-17)31-10-9-22(29-31)28-16(2)32)23(33,12-30-14-26-13-27-30)20-8-5-18(24)11-21(20)25/h3-11,13-14,33H,1,12H2,2H3,(H,28,29,32). The molecule has 2 aromatic carbocycles. The summed E-state index contributed by atoms with van der Waals surface area (Å²) in [6.45, 7) is 5.22. The molecule has 8 nitrogen and oxygen atoms in total. The van der Waals surface area contributed by atoms with Crippen LogP contribution in [0, 0.1) is 11.6 Å². The van der Waals surface area contributed by atoms with Crippen molar-refractivity contribution in [3.05, 3.63) is 96.7 Å². The normalized spacial score (nSPS) is 12.8. The second-order valence-corrected chi connectivity index (χ2v) is 7.43. The van der Waals surface area contributed by atoms with Crippen LogP contribution in [-0.2, 0) is 16.9 Å². The summed E-state index contributed by atoms with van der Waals surface area (Å²) < 4.78 is 31.1. The number of amides is 1. The molecule has 0 fully saturated rings. The lowest BCUT2D eigenvalue weighted by atomic mass is 9.82. The first kappa shape index (κ1) is 22.0. The Bertz CT molecular complexity index is 1300. The molecule has 0 bridgehead atoms. The number of nitrogens with zero attached hydrogens (tertiary/aromatic N) is 5. The Hall–Kier alpha value is -4.18. The molecule has 2 aromatic heterocycles. The van der Waals surface area contributed by atoms with E-state index < -0.39 is 17.2 Å². The molecule has 33 heavy (non-hydrogen) atoms. The summed E-state index contributed by atoms with van der Waals surface area (Å²) >= 11 is 0. The Morgan fingerprint density at radius 3 is 2.58 bits per heavy atom. The molecule has 0 aliphatic heterocycles. The van der Waals surface area contributed by atoms with Crippen molar-refractivity contribution in [3.8, 4) is 5.69 Å². The zero-order chi connectivity index (χ0) is 23.6. The van der Waals surface area contributed by atoms with E-state index >= 15 is 0 Å². The van der Waals surface area contributed by atoms with Gasteiger partial charge in [0.15, 0.2) is 5.82 Å². The maximum atomic E-state index is 14.7. The first-order chi connectivity index (χ1) is 15.8. The quantitative estimate of drug-likeness (QED) is 0.450. The van der Waals surface area contributed by atoms with Crippen LogP contribution in [0.5, 0.6) is 0 Å². The molecule has 0 saturated carbocycles. The molecular formula is C23H20F2N6O2. The lowest BCUT2D eigenvalue weighted by Gasteiger charge is -2.31. The lowest BCUT2D eigenvalue weighted by Crippen LogP contribution is -2.34. The minimum absolute atomic E-state index is 0.138. The van der Waals surface area contributed by atoms with E-state index in [4.69, 9.17) is 0 Å². The van der Waals surface area contributed by atoms with Gasteiger partial charge in [0.05, 0.1) is 12.2 Å². The number of carbonyl (C=O) groups excluding carboxylic acids is 1. The average Bonchev–Trinajstić information content (AvgIpc) is 3.45. The number of benzene rings is 2. The largest absolute Gasteiger partial charge is 0.378 e. The predicted molar refractivity (Wildman–Crippen MR) is 117 cm³/mol. The number of anilines is 1. The number of hydrogen-bond acceptors (Lipinski definition) is 5. The summed E-state index contributed by atoms with van der Waals surface area (Å²) in [4.78, 5) is 15.0. The van der Waals surface area contributed by atoms with E-state index in [1.165, 1.54) is 30.3 Å². The van der Waals surface area contributed by atoms with Gasteiger partial charge in [-0.15, -0.1) is 0 Å². The van der Waals surface area contributed by atoms with E-state index in [-0.39, 0.29) is 23.6 Å². The van der Waals surface area contributed by atoms with Crippen LogP contribution in [0.3, 0.4) is 0 Å². The van der Waals surface area contributed by atoms with Gasteiger partial charge in [0.1, 0.15) is 29.9 Å². The van der Waals surface area contributed by atoms with Gasteiger partial charge in [-0.1, -0.05) is 18.7 Å². The molecule has 1 amide bonds. The third-order valence-electron chi connectivity index (χ3n) is 5.11. The first-order valence-electron chi connectivity index (χ1n) is 9.90. The van der Waals surface area contributed by atoms with Crippen LogP contribution in [0.4, 0.5) is 14.6 Å². The third kappa shape index (κ3) is 4.55. The van der Waals surface area contributed by atoms with Crippen molar-refractivity contribution in [1.82, 2.24) is 24.5 Å². The number of carbonyl (C=O) groups is 1. The number of nitrogens with one attached hydrogen (secondary N) is 1. The molecule has 2 N–H and O–H groups in total. The number of aliphatic hydroxyl groups is 1. The van der Waals surface area contributed by atoms with Gasteiger partial charge in [-0.2, -0.15) is 10.2 Å². The van der Waals surface area contributed by atoms with E-state index in [1.54, 1.807) is 41.2 Å². The van der Waals surface area contributed by atoms with Gasteiger partial charge in [-0.05, 0) is 35.4 Å². The Morgan fingerprint density at radius 2 is 1.94 bits per heavy atom. The van der Waals surface area contributed by atoms with Crippen LogP contribution in [0.15, 0.2) is 74.0 Å². The van der Waals surface area contributed by atoms with Gasteiger partial charge in [0.25, 0.3) is 0 Å². The third-order valence-corrected chi connectivity index (χ3v) is 5.11. The maximum absolute atomic E-state index is 14.7. The van der Waals surface area contributed by atoms with Crippen molar-refractivity contribution in [2.45, 2.75) is 19.1 Å². The van der Waals surface area contributed by atoms with Crippen LogP contribution in [0.25, 0.3) is 11.3 Å². The zero-order valence-corrected chi connectivity index (χ0v) is 17.6. The molecule has 2 heterocycles. The van der Waals surface area contributed by atoms with E-state index in [1.807, 2.05) is 0 Å². The van der Waals surface area contributed by atoms with Crippen LogP contribution in [-0.4, -0.2) is 35.6 Å². The molecule has 4 rings (SSSR count). The minimum atomic E-state index is -1.93. The van der Waals surface area contributed by atoms with Gasteiger partial charge in [-0.3, -0.25) is 4.79 Å². The van der Waals surface area contributed by atoms with Crippen molar-refractivity contribution in [2.75, 3.05) is 5.32 Å². The number of aromatic nitrogens is 5. The molecule has 1 unspecified atom stereocenters. The highest BCUT2D eigenvalue weighted by atomic mass is 19.1. The van der Waals surface area contributed by atoms with Crippen molar-refractivity contribution in [3.63, 3.8) is 0 Å². The zero-order valence-electron chi connectivity index (χ0n) is 17.6. The molecule has 0 aliphatic carbocycles. The minimum Gasteiger partial charge on any atom is -0.378 e. The second kappa shape index (κ2) is 8.75. The monoisotopic (exact) mass is 450 g/mol. The highest BCUT2D eigenvalue weighted by molar-refractivity contribution is 5.87. The number of rotatable bonds is 7. The topological polar surface area (TPSA) is 97.9 Å². The summed E-state index contributed by atoms with van der Waals surface area (Å²) in [6, 6.07) is 11.5. The van der Waals surface area contributed by atoms with Gasteiger partial charge >= 0.3 is 0 Å². The van der Waals surface area contributed by atoms with E-state index in [0.717, 1.165) is 6.07 Å². The van der Waals surface area contributed by atoms with E-state index in [2.05, 4.69) is 27.1 Å². The van der Waals surface area contributed by atoms with Gasteiger partial charge in [-0.25, -0.2) is 23.1 Å². The molecule has 0 saturated heterocycles. The summed E-state index contributed by atoms with van der Waals surface area (Å²) in [6.07, 6.45) is 4.36. The van der Waals surface area contributed by atoms with Crippen molar-refractivity contribution in [1.29, 1.82) is 0 Å². The SMILES string of the molecule is C=C(c1ccc(-n2ccc(NC(C)=O)n2)cc1)C(O)(Cn1cncn1)c1ccc(F)cc1F. The fourth-order valence-electron chi connectivity index (χ4n) is 3.49. The van der Waals surface area contributed by atoms with Crippen molar-refractivity contribution < 1.29 is 18.7 Å². The summed E-state index contributed by atoms with van der Waals surface area (Å²) in [7, 11) is 0. The Labute approximate surface area is 187 Å². The summed E-state index contributed by atoms with van der Waals surface area (Å²) in [5, 5.41) is 22.5. The Balaban J connectivity index is 1.67. The van der Waals surface area contributed by atoms with Crippen molar-refractivity contribution >= 4 is 17.3 Å². The van der Waals surface area contributed by atoms with Gasteiger partial charge in [0, 0.05) is 30.8 Å². The molecular weight excluding hydrogens is 430 g/mol. The second-order valence-electron chi connectivity index (χ2n) is 7.43. The molecule has 1 atom stereocenters. The summed E-state index contributed by atoms with van der Waals surface area (Å²) in [5.74, 6) is -1.49. The van der Waals surface area contributed by atoms with Crippen LogP contribution >= 0.6 is 0 Å². The van der Waals surface area contributed by atoms with Crippen LogP contribution in [0.2, 0.25) is 0 Å². The first-order valence-corrected chi connectivity index (χ1v) is 9.90. The molecule has 0 aliphatic rings. The van der Waals surface area contributed by atoms with Gasteiger partial charge < -0.3 is 10.4 Å². The molecule has 4 aromatic rings. The highest BCUT2D eigenvalue weighted by Crippen LogP contribution is 2.38. The lowest BCUT2D eigenvalue weighted by molar-refractivity contribution is -0.114. The van der Waals surface area contributed by atoms with Crippen LogP contribution in [0.1, 0.15) is 18.1 Å². The molecule has 10 heteroatoms. The van der Waals surface area contributed by atoms with E-state index in [9.17, 15) is 18.7 Å². The Kier molecular flexibility index (Phi) is 5.84. The average molecular weight is 450 g/mol. The molecule has 0 spiro atoms. The van der Waals surface area contributed by atoms with Crippen molar-refractivity contribution in [2.24, 2.45) is 0 Å². The Morgan fingerprint density at radius 1 is 1.18 bits per heavy atom. The van der Waals surface area contributed by atoms with E-state index in [0.29, 0.717) is 23.1 Å². The molecule has 0 radical (unpaired) electrons. The number of halogens is 2. The van der Waals surface area contributed by atoms with Gasteiger partial charge in [0.2, 0.25) is 5.91 Å². The predicted octanol–water partition coefficient (Wildman–Crippen LogP) is 3.30. The fraction of sp³-hybridized carbons (Fsp3) is 0.130. The fourth-order valence-corrected chi connectivity index (χ4v) is 3.49.